The van der Waals surface area contributed by atoms with Crippen molar-refractivity contribution in [3.8, 4) is 0 Å². The molecule has 0 aromatic heterocycles. The molecule has 0 radical (unpaired) electrons. The van der Waals surface area contributed by atoms with Crippen LogP contribution in [0.4, 0.5) is 0 Å². The molecule has 1 aromatic carbocycles. The van der Waals surface area contributed by atoms with Crippen LogP contribution in [0.3, 0.4) is 0 Å². The van der Waals surface area contributed by atoms with Crippen molar-refractivity contribution in [1.29, 1.82) is 0 Å². The van der Waals surface area contributed by atoms with Crippen LogP contribution >= 0.6 is 11.6 Å². The van der Waals surface area contributed by atoms with Gasteiger partial charge in [-0.1, -0.05) is 43.8 Å². The maximum atomic E-state index is 6.09. The normalized spacial score (nSPS) is 12.5. The van der Waals surface area contributed by atoms with Crippen molar-refractivity contribution in [2.75, 3.05) is 0 Å². The van der Waals surface area contributed by atoms with Gasteiger partial charge in [-0.2, -0.15) is 0 Å². The molecule has 1 aromatic rings. The van der Waals surface area contributed by atoms with Gasteiger partial charge >= 0.3 is 0 Å². The smallest absolute Gasteiger partial charge is 0.0582 e. The van der Waals surface area contributed by atoms with Crippen LogP contribution in [-0.4, -0.2) is 0 Å². The maximum absolute atomic E-state index is 6.09. The molecule has 0 amide bonds. The van der Waals surface area contributed by atoms with Crippen molar-refractivity contribution in [3.63, 3.8) is 0 Å². The molecule has 0 fully saturated rings. The lowest BCUT2D eigenvalue weighted by molar-refractivity contribution is 0.883. The lowest BCUT2D eigenvalue weighted by atomic mass is 10.1. The highest BCUT2D eigenvalue weighted by molar-refractivity contribution is 6.20. The Morgan fingerprint density at radius 2 is 2.33 bits per heavy atom. The summed E-state index contributed by atoms with van der Waals surface area (Å²) < 4.78 is 0. The van der Waals surface area contributed by atoms with Gasteiger partial charge in [-0.05, 0) is 17.5 Å². The first-order valence-electron chi connectivity index (χ1n) is 4.14. The van der Waals surface area contributed by atoms with E-state index in [0.29, 0.717) is 0 Å². The molecule has 0 bridgehead atoms. The highest BCUT2D eigenvalue weighted by Crippen LogP contribution is 2.24. The predicted octanol–water partition coefficient (Wildman–Crippen LogP) is 4.02. The fourth-order valence-corrected chi connectivity index (χ4v) is 1.25. The SMILES string of the molecule is C=Cc1cccc(C(Cl)CC)c1. The van der Waals surface area contributed by atoms with E-state index in [4.69, 9.17) is 11.6 Å². The molecule has 1 rings (SSSR count). The highest BCUT2D eigenvalue weighted by atomic mass is 35.5. The van der Waals surface area contributed by atoms with Gasteiger partial charge in [-0.15, -0.1) is 11.6 Å². The first kappa shape index (κ1) is 9.34. The largest absolute Gasteiger partial charge is 0.118 e. The summed E-state index contributed by atoms with van der Waals surface area (Å²) in [5.74, 6) is 0. The molecule has 0 saturated heterocycles. The Hall–Kier alpha value is -0.750. The van der Waals surface area contributed by atoms with Gasteiger partial charge in [0.1, 0.15) is 0 Å². The molecule has 1 atom stereocenters. The van der Waals surface area contributed by atoms with Gasteiger partial charge in [-0.3, -0.25) is 0 Å². The standard InChI is InChI=1S/C11H13Cl/c1-3-9-6-5-7-10(8-9)11(12)4-2/h3,5-8,11H,1,4H2,2H3. The Balaban J connectivity index is 2.93. The van der Waals surface area contributed by atoms with Gasteiger partial charge in [-0.25, -0.2) is 0 Å². The van der Waals surface area contributed by atoms with E-state index in [9.17, 15) is 0 Å². The van der Waals surface area contributed by atoms with Crippen LogP contribution in [0.25, 0.3) is 6.08 Å². The van der Waals surface area contributed by atoms with E-state index < -0.39 is 0 Å². The van der Waals surface area contributed by atoms with Crippen molar-refractivity contribution < 1.29 is 0 Å². The predicted molar refractivity (Wildman–Crippen MR) is 55.4 cm³/mol. The number of hydrogen-bond donors (Lipinski definition) is 0. The summed E-state index contributed by atoms with van der Waals surface area (Å²) in [6, 6.07) is 8.16. The molecular formula is C11H13Cl. The Bertz CT molecular complexity index is 265. The van der Waals surface area contributed by atoms with E-state index in [1.807, 2.05) is 24.3 Å². The summed E-state index contributed by atoms with van der Waals surface area (Å²) >= 11 is 6.09. The van der Waals surface area contributed by atoms with Crippen molar-refractivity contribution >= 4 is 17.7 Å². The first-order chi connectivity index (χ1) is 5.77. The molecule has 64 valence electrons. The van der Waals surface area contributed by atoms with E-state index in [0.717, 1.165) is 12.0 Å². The Morgan fingerprint density at radius 3 is 2.92 bits per heavy atom. The number of rotatable bonds is 3. The molecule has 0 spiro atoms. The summed E-state index contributed by atoms with van der Waals surface area (Å²) in [7, 11) is 0. The van der Waals surface area contributed by atoms with Crippen molar-refractivity contribution in [1.82, 2.24) is 0 Å². The third-order valence-electron chi connectivity index (χ3n) is 1.87. The maximum Gasteiger partial charge on any atom is 0.0582 e. The summed E-state index contributed by atoms with van der Waals surface area (Å²) in [4.78, 5) is 0. The quantitative estimate of drug-likeness (QED) is 0.617. The summed E-state index contributed by atoms with van der Waals surface area (Å²) in [6.45, 7) is 5.80. The second kappa shape index (κ2) is 4.32. The van der Waals surface area contributed by atoms with Crippen molar-refractivity contribution in [2.24, 2.45) is 0 Å². The molecule has 0 heterocycles. The lowest BCUT2D eigenvalue weighted by Crippen LogP contribution is -1.87. The molecule has 0 aliphatic heterocycles. The fraction of sp³-hybridized carbons (Fsp3) is 0.273. The molecule has 1 unspecified atom stereocenters. The molecular weight excluding hydrogens is 168 g/mol. The van der Waals surface area contributed by atoms with Crippen LogP contribution < -0.4 is 0 Å². The van der Waals surface area contributed by atoms with E-state index >= 15 is 0 Å². The summed E-state index contributed by atoms with van der Waals surface area (Å²) in [6.07, 6.45) is 2.80. The van der Waals surface area contributed by atoms with Gasteiger partial charge in [0.05, 0.1) is 5.38 Å². The first-order valence-corrected chi connectivity index (χ1v) is 4.58. The van der Waals surface area contributed by atoms with Crippen molar-refractivity contribution in [2.45, 2.75) is 18.7 Å². The van der Waals surface area contributed by atoms with Crippen LogP contribution in [-0.2, 0) is 0 Å². The monoisotopic (exact) mass is 180 g/mol. The van der Waals surface area contributed by atoms with Gasteiger partial charge < -0.3 is 0 Å². The lowest BCUT2D eigenvalue weighted by Gasteiger charge is -2.06. The van der Waals surface area contributed by atoms with Crippen LogP contribution in [0.1, 0.15) is 29.8 Å². The topological polar surface area (TPSA) is 0 Å². The number of hydrogen-bond acceptors (Lipinski definition) is 0. The van der Waals surface area contributed by atoms with E-state index in [1.54, 1.807) is 0 Å². The molecule has 0 aliphatic carbocycles. The van der Waals surface area contributed by atoms with Gasteiger partial charge in [0.2, 0.25) is 0 Å². The minimum absolute atomic E-state index is 0.130. The summed E-state index contributed by atoms with van der Waals surface area (Å²) in [5.41, 5.74) is 2.31. The molecule has 12 heavy (non-hydrogen) atoms. The summed E-state index contributed by atoms with van der Waals surface area (Å²) in [5, 5.41) is 0.130. The number of alkyl halides is 1. The van der Waals surface area contributed by atoms with Gasteiger partial charge in [0.15, 0.2) is 0 Å². The molecule has 0 nitrogen and oxygen atoms in total. The fourth-order valence-electron chi connectivity index (χ4n) is 1.12. The van der Waals surface area contributed by atoms with Crippen LogP contribution in [0.15, 0.2) is 30.8 Å². The van der Waals surface area contributed by atoms with Crippen LogP contribution in [0, 0.1) is 0 Å². The van der Waals surface area contributed by atoms with Crippen LogP contribution in [0.2, 0.25) is 0 Å². The second-order valence-electron chi connectivity index (χ2n) is 2.75. The third-order valence-corrected chi connectivity index (χ3v) is 2.43. The molecule has 0 N–H and O–H groups in total. The Labute approximate surface area is 78.9 Å². The average molecular weight is 181 g/mol. The van der Waals surface area contributed by atoms with E-state index in [2.05, 4.69) is 19.6 Å². The minimum atomic E-state index is 0.130. The zero-order valence-corrected chi connectivity index (χ0v) is 8.01. The van der Waals surface area contributed by atoms with Crippen molar-refractivity contribution in [3.05, 3.63) is 42.0 Å². The van der Waals surface area contributed by atoms with Gasteiger partial charge in [0.25, 0.3) is 0 Å². The zero-order chi connectivity index (χ0) is 8.97. The molecule has 0 saturated carbocycles. The molecule has 1 heteroatoms. The molecule has 0 aliphatic rings. The Kier molecular flexibility index (Phi) is 3.36. The van der Waals surface area contributed by atoms with Crippen LogP contribution in [0.5, 0.6) is 0 Å². The van der Waals surface area contributed by atoms with E-state index in [-0.39, 0.29) is 5.38 Å². The number of benzene rings is 1. The average Bonchev–Trinajstić information content (AvgIpc) is 2.17. The minimum Gasteiger partial charge on any atom is -0.118 e. The van der Waals surface area contributed by atoms with Gasteiger partial charge in [0, 0.05) is 0 Å². The second-order valence-corrected chi connectivity index (χ2v) is 3.28. The van der Waals surface area contributed by atoms with E-state index in [1.165, 1.54) is 5.56 Å². The highest BCUT2D eigenvalue weighted by Gasteiger charge is 2.03. The number of halogens is 1. The third kappa shape index (κ3) is 2.12. The zero-order valence-electron chi connectivity index (χ0n) is 7.26. The Morgan fingerprint density at radius 1 is 1.58 bits per heavy atom.